The highest BCUT2D eigenvalue weighted by atomic mass is 16.9. The lowest BCUT2D eigenvalue weighted by Crippen LogP contribution is -2.59. The standard InChI is InChI=1S/C34H35NO5/c1-38-34(39-2,31-24-30(36)25-35(31)32(37)23-26-15-7-3-8-16-26)40-33(27-17-9-4-10-18-27,28-19-11-5-12-20-28)29-21-13-6-14-22-29/h3-22,30-31,36H,23-25H2,1-2H3. The van der Waals surface area contributed by atoms with Gasteiger partial charge in [0.05, 0.1) is 12.5 Å². The van der Waals surface area contributed by atoms with Gasteiger partial charge in [-0.25, -0.2) is 0 Å². The molecule has 6 nitrogen and oxygen atoms in total. The number of carbonyl (C=O) groups excluding carboxylic acids is 1. The van der Waals surface area contributed by atoms with Gasteiger partial charge in [-0.2, -0.15) is 0 Å². The summed E-state index contributed by atoms with van der Waals surface area (Å²) >= 11 is 0. The SMILES string of the molecule is COC(OC)(OC(c1ccccc1)(c1ccccc1)c1ccccc1)C1CC(O)CN1C(=O)Cc1ccccc1. The summed E-state index contributed by atoms with van der Waals surface area (Å²) in [5.41, 5.74) is 2.32. The molecule has 1 N–H and O–H groups in total. The Morgan fingerprint density at radius 1 is 0.750 bits per heavy atom. The minimum absolute atomic E-state index is 0.139. The Morgan fingerprint density at radius 3 is 1.60 bits per heavy atom. The largest absolute Gasteiger partial charge is 0.391 e. The van der Waals surface area contributed by atoms with E-state index < -0.39 is 23.7 Å². The van der Waals surface area contributed by atoms with Crippen molar-refractivity contribution in [3.63, 3.8) is 0 Å². The van der Waals surface area contributed by atoms with Crippen LogP contribution in [0.3, 0.4) is 0 Å². The molecule has 1 fully saturated rings. The molecular weight excluding hydrogens is 502 g/mol. The summed E-state index contributed by atoms with van der Waals surface area (Å²) < 4.78 is 19.4. The van der Waals surface area contributed by atoms with E-state index in [0.717, 1.165) is 22.3 Å². The first-order valence-corrected chi connectivity index (χ1v) is 13.5. The maximum Gasteiger partial charge on any atom is 0.305 e. The van der Waals surface area contributed by atoms with E-state index in [0.29, 0.717) is 0 Å². The number of carbonyl (C=O) groups is 1. The molecular formula is C34H35NO5. The Hall–Kier alpha value is -3.81. The molecule has 0 aliphatic carbocycles. The van der Waals surface area contributed by atoms with Crippen molar-refractivity contribution in [3.8, 4) is 0 Å². The fourth-order valence-electron chi connectivity index (χ4n) is 5.71. The topological polar surface area (TPSA) is 68.2 Å². The molecule has 1 amide bonds. The Balaban J connectivity index is 1.64. The number of rotatable bonds is 10. The first-order chi connectivity index (χ1) is 19.5. The van der Waals surface area contributed by atoms with E-state index in [1.807, 2.05) is 121 Å². The predicted molar refractivity (Wildman–Crippen MR) is 153 cm³/mol. The van der Waals surface area contributed by atoms with Crippen molar-refractivity contribution in [2.45, 2.75) is 36.6 Å². The highest BCUT2D eigenvalue weighted by Gasteiger charge is 2.56. The maximum atomic E-state index is 13.7. The normalized spacial score (nSPS) is 17.6. The first-order valence-electron chi connectivity index (χ1n) is 13.5. The molecule has 4 aromatic rings. The molecule has 5 rings (SSSR count). The van der Waals surface area contributed by atoms with E-state index in [1.165, 1.54) is 14.2 Å². The number of aliphatic hydroxyl groups excluding tert-OH is 1. The first kappa shape index (κ1) is 27.7. The predicted octanol–water partition coefficient (Wildman–Crippen LogP) is 5.15. The monoisotopic (exact) mass is 537 g/mol. The molecule has 40 heavy (non-hydrogen) atoms. The number of ether oxygens (including phenoxy) is 3. The van der Waals surface area contributed by atoms with Crippen LogP contribution in [-0.2, 0) is 31.0 Å². The molecule has 0 saturated carbocycles. The average molecular weight is 538 g/mol. The number of nitrogens with zero attached hydrogens (tertiary/aromatic N) is 1. The van der Waals surface area contributed by atoms with Crippen molar-refractivity contribution >= 4 is 5.91 Å². The zero-order chi connectivity index (χ0) is 28.0. The van der Waals surface area contributed by atoms with Gasteiger partial charge in [0.15, 0.2) is 0 Å². The van der Waals surface area contributed by atoms with Crippen LogP contribution in [0.4, 0.5) is 0 Å². The third-order valence-electron chi connectivity index (χ3n) is 7.61. The van der Waals surface area contributed by atoms with Crippen LogP contribution in [0.25, 0.3) is 0 Å². The lowest BCUT2D eigenvalue weighted by molar-refractivity contribution is -0.405. The fraction of sp³-hybridized carbons (Fsp3) is 0.265. The zero-order valence-electron chi connectivity index (χ0n) is 22.9. The Bertz CT molecular complexity index is 1260. The molecule has 1 aliphatic heterocycles. The minimum Gasteiger partial charge on any atom is -0.391 e. The molecule has 0 radical (unpaired) electrons. The van der Waals surface area contributed by atoms with Gasteiger partial charge in [-0.3, -0.25) is 4.79 Å². The summed E-state index contributed by atoms with van der Waals surface area (Å²) in [6, 6.07) is 38.6. The van der Waals surface area contributed by atoms with Crippen LogP contribution in [0.5, 0.6) is 0 Å². The molecule has 206 valence electrons. The molecule has 1 aliphatic rings. The van der Waals surface area contributed by atoms with Crippen LogP contribution in [0.15, 0.2) is 121 Å². The quantitative estimate of drug-likeness (QED) is 0.224. The van der Waals surface area contributed by atoms with Gasteiger partial charge in [0.2, 0.25) is 5.91 Å². The lowest BCUT2D eigenvalue weighted by Gasteiger charge is -2.47. The summed E-state index contributed by atoms with van der Waals surface area (Å²) in [7, 11) is 3.03. The van der Waals surface area contributed by atoms with Crippen LogP contribution in [0, 0.1) is 0 Å². The third-order valence-corrected chi connectivity index (χ3v) is 7.61. The van der Waals surface area contributed by atoms with E-state index >= 15 is 0 Å². The van der Waals surface area contributed by atoms with Crippen LogP contribution in [0.1, 0.15) is 28.7 Å². The second kappa shape index (κ2) is 12.1. The van der Waals surface area contributed by atoms with E-state index in [9.17, 15) is 9.90 Å². The van der Waals surface area contributed by atoms with Gasteiger partial charge in [0.25, 0.3) is 0 Å². The molecule has 6 heteroatoms. The van der Waals surface area contributed by atoms with E-state index in [1.54, 1.807) is 4.90 Å². The maximum absolute atomic E-state index is 13.7. The molecule has 4 aromatic carbocycles. The van der Waals surface area contributed by atoms with Crippen molar-refractivity contribution in [2.24, 2.45) is 0 Å². The Morgan fingerprint density at radius 2 is 1.18 bits per heavy atom. The fourth-order valence-corrected chi connectivity index (χ4v) is 5.71. The van der Waals surface area contributed by atoms with E-state index in [-0.39, 0.29) is 25.3 Å². The van der Waals surface area contributed by atoms with Gasteiger partial charge in [-0.05, 0) is 22.3 Å². The lowest BCUT2D eigenvalue weighted by atomic mass is 9.80. The molecule has 0 spiro atoms. The zero-order valence-corrected chi connectivity index (χ0v) is 22.9. The molecule has 1 heterocycles. The molecule has 2 unspecified atom stereocenters. The molecule has 1 saturated heterocycles. The number of methoxy groups -OCH3 is 2. The van der Waals surface area contributed by atoms with Crippen molar-refractivity contribution in [3.05, 3.63) is 144 Å². The van der Waals surface area contributed by atoms with Crippen molar-refractivity contribution in [1.29, 1.82) is 0 Å². The second-order valence-corrected chi connectivity index (χ2v) is 10.0. The Labute approximate surface area is 235 Å². The number of amides is 1. The van der Waals surface area contributed by atoms with Gasteiger partial charge in [-0.1, -0.05) is 121 Å². The van der Waals surface area contributed by atoms with Crippen LogP contribution < -0.4 is 0 Å². The number of aliphatic hydroxyl groups is 1. The highest BCUT2D eigenvalue weighted by Crippen LogP contribution is 2.46. The Kier molecular flexibility index (Phi) is 8.43. The van der Waals surface area contributed by atoms with Gasteiger partial charge in [-0.15, -0.1) is 0 Å². The summed E-state index contributed by atoms with van der Waals surface area (Å²) in [5, 5.41) is 10.8. The second-order valence-electron chi connectivity index (χ2n) is 10.0. The van der Waals surface area contributed by atoms with Crippen LogP contribution in [-0.4, -0.2) is 54.8 Å². The van der Waals surface area contributed by atoms with E-state index in [2.05, 4.69) is 0 Å². The van der Waals surface area contributed by atoms with Gasteiger partial charge < -0.3 is 24.2 Å². The smallest absolute Gasteiger partial charge is 0.305 e. The molecule has 0 aromatic heterocycles. The number of hydrogen-bond donors (Lipinski definition) is 1. The summed E-state index contributed by atoms with van der Waals surface area (Å²) in [6.45, 7) is 0.156. The molecule has 2 atom stereocenters. The van der Waals surface area contributed by atoms with Gasteiger partial charge in [0.1, 0.15) is 11.6 Å². The van der Waals surface area contributed by atoms with Gasteiger partial charge in [0, 0.05) is 27.2 Å². The third kappa shape index (κ3) is 5.31. The summed E-state index contributed by atoms with van der Waals surface area (Å²) in [5.74, 6) is -1.86. The highest BCUT2D eigenvalue weighted by molar-refractivity contribution is 5.79. The number of likely N-dealkylation sites (tertiary alicyclic amines) is 1. The number of β-amino-alcohol motifs (C(OH)–C–C–N with tert-alkyl or cyclic N) is 1. The van der Waals surface area contributed by atoms with Crippen LogP contribution in [0.2, 0.25) is 0 Å². The number of benzene rings is 4. The molecule has 0 bridgehead atoms. The number of hydrogen-bond acceptors (Lipinski definition) is 5. The summed E-state index contributed by atoms with van der Waals surface area (Å²) in [6.07, 6.45) is -0.330. The van der Waals surface area contributed by atoms with Crippen molar-refractivity contribution < 1.29 is 24.1 Å². The van der Waals surface area contributed by atoms with Crippen molar-refractivity contribution in [1.82, 2.24) is 4.90 Å². The summed E-state index contributed by atoms with van der Waals surface area (Å²) in [4.78, 5) is 15.3. The minimum atomic E-state index is -1.72. The van der Waals surface area contributed by atoms with Gasteiger partial charge >= 0.3 is 5.97 Å². The van der Waals surface area contributed by atoms with Crippen molar-refractivity contribution in [2.75, 3.05) is 20.8 Å². The van der Waals surface area contributed by atoms with Crippen LogP contribution >= 0.6 is 0 Å². The average Bonchev–Trinajstić information content (AvgIpc) is 3.42. The van der Waals surface area contributed by atoms with E-state index in [4.69, 9.17) is 14.2 Å².